The lowest BCUT2D eigenvalue weighted by Crippen LogP contribution is -2.22. The van der Waals surface area contributed by atoms with Gasteiger partial charge in [0.25, 0.3) is 0 Å². The number of anilines is 1. The molecule has 1 aromatic rings. The van der Waals surface area contributed by atoms with Crippen molar-refractivity contribution < 1.29 is 4.74 Å². The van der Waals surface area contributed by atoms with E-state index >= 15 is 0 Å². The quantitative estimate of drug-likeness (QED) is 0.413. The molecule has 4 N–H and O–H groups in total. The van der Waals surface area contributed by atoms with E-state index < -0.39 is 0 Å². The third kappa shape index (κ3) is 4.32. The van der Waals surface area contributed by atoms with Crippen molar-refractivity contribution in [1.29, 1.82) is 10.7 Å². The van der Waals surface area contributed by atoms with Gasteiger partial charge in [0.2, 0.25) is 5.71 Å². The van der Waals surface area contributed by atoms with Crippen LogP contribution in [-0.4, -0.2) is 17.7 Å². The molecular formula is C13H17N5O. The molecular weight excluding hydrogens is 242 g/mol. The number of rotatable bonds is 6. The third-order valence-corrected chi connectivity index (χ3v) is 2.44. The minimum absolute atomic E-state index is 0.0789. The number of benzene rings is 1. The smallest absolute Gasteiger partial charge is 0.201 e. The van der Waals surface area contributed by atoms with Crippen molar-refractivity contribution >= 4 is 17.2 Å². The number of hydrogen-bond donors (Lipinski definition) is 3. The fraction of sp³-hybridized carbons (Fsp3) is 0.308. The molecule has 6 heteroatoms. The Bertz CT molecular complexity index is 518. The molecule has 0 spiro atoms. The molecule has 19 heavy (non-hydrogen) atoms. The highest BCUT2D eigenvalue weighted by molar-refractivity contribution is 6.45. The number of amidine groups is 1. The highest BCUT2D eigenvalue weighted by atomic mass is 16.5. The van der Waals surface area contributed by atoms with Gasteiger partial charge in [-0.25, -0.2) is 0 Å². The fourth-order valence-corrected chi connectivity index (χ4v) is 1.22. The van der Waals surface area contributed by atoms with Gasteiger partial charge in [-0.2, -0.15) is 10.4 Å². The van der Waals surface area contributed by atoms with Crippen molar-refractivity contribution in [2.45, 2.75) is 26.4 Å². The average Bonchev–Trinajstić information content (AvgIpc) is 2.40. The molecule has 0 heterocycles. The van der Waals surface area contributed by atoms with E-state index in [0.717, 1.165) is 6.42 Å². The van der Waals surface area contributed by atoms with Crippen LogP contribution in [0, 0.1) is 16.7 Å². The summed E-state index contributed by atoms with van der Waals surface area (Å²) < 4.78 is 5.72. The number of hydrazone groups is 1. The molecule has 0 saturated carbocycles. The summed E-state index contributed by atoms with van der Waals surface area (Å²) in [6.45, 7) is 4.00. The van der Waals surface area contributed by atoms with Crippen molar-refractivity contribution in [2.24, 2.45) is 10.8 Å². The predicted octanol–water partition coefficient (Wildman–Crippen LogP) is 2.09. The maximum absolute atomic E-state index is 8.75. The Morgan fingerprint density at radius 1 is 1.58 bits per heavy atom. The van der Waals surface area contributed by atoms with Gasteiger partial charge in [0.15, 0.2) is 5.84 Å². The van der Waals surface area contributed by atoms with Gasteiger partial charge in [0.05, 0.1) is 11.8 Å². The molecule has 0 aliphatic rings. The van der Waals surface area contributed by atoms with Gasteiger partial charge < -0.3 is 10.5 Å². The third-order valence-electron chi connectivity index (χ3n) is 2.44. The van der Waals surface area contributed by atoms with Crippen LogP contribution in [0.1, 0.15) is 20.3 Å². The van der Waals surface area contributed by atoms with Crippen LogP contribution in [0.15, 0.2) is 29.4 Å². The van der Waals surface area contributed by atoms with Crippen LogP contribution in [0.2, 0.25) is 0 Å². The summed E-state index contributed by atoms with van der Waals surface area (Å²) in [6, 6.07) is 8.99. The first-order valence-corrected chi connectivity index (χ1v) is 5.92. The largest absolute Gasteiger partial charge is 0.488 e. The molecule has 0 fully saturated rings. The normalized spacial score (nSPS) is 12.4. The van der Waals surface area contributed by atoms with E-state index in [-0.39, 0.29) is 17.7 Å². The van der Waals surface area contributed by atoms with E-state index in [1.54, 1.807) is 12.1 Å². The lowest BCUT2D eigenvalue weighted by atomic mass is 10.2. The Hall–Kier alpha value is -2.55. The summed E-state index contributed by atoms with van der Waals surface area (Å²) >= 11 is 0. The summed E-state index contributed by atoms with van der Waals surface area (Å²) in [7, 11) is 0. The molecule has 1 unspecified atom stereocenters. The minimum Gasteiger partial charge on any atom is -0.488 e. The van der Waals surface area contributed by atoms with E-state index in [9.17, 15) is 0 Å². The Balaban J connectivity index is 2.90. The predicted molar refractivity (Wildman–Crippen MR) is 75.4 cm³/mol. The van der Waals surface area contributed by atoms with Crippen molar-refractivity contribution in [3.63, 3.8) is 0 Å². The van der Waals surface area contributed by atoms with E-state index in [1.165, 1.54) is 0 Å². The van der Waals surface area contributed by atoms with Crippen molar-refractivity contribution in [1.82, 2.24) is 0 Å². The Morgan fingerprint density at radius 3 is 2.84 bits per heavy atom. The molecule has 0 bridgehead atoms. The minimum atomic E-state index is -0.379. The molecule has 0 aliphatic carbocycles. The second-order valence-corrected chi connectivity index (χ2v) is 3.93. The Morgan fingerprint density at radius 2 is 2.26 bits per heavy atom. The highest BCUT2D eigenvalue weighted by Gasteiger charge is 2.07. The van der Waals surface area contributed by atoms with Crippen LogP contribution in [0.25, 0.3) is 0 Å². The number of nitrogens with two attached hydrogens (primary N) is 1. The van der Waals surface area contributed by atoms with Crippen LogP contribution in [0.3, 0.4) is 0 Å². The maximum Gasteiger partial charge on any atom is 0.201 e. The van der Waals surface area contributed by atoms with Gasteiger partial charge in [-0.05, 0) is 25.5 Å². The SMILES string of the molecule is CCC(C)Oc1ccccc1N/N=C(\C#N)C(=N)N. The number of para-hydroxylation sites is 2. The number of nitriles is 1. The molecule has 6 nitrogen and oxygen atoms in total. The highest BCUT2D eigenvalue weighted by Crippen LogP contribution is 2.25. The van der Waals surface area contributed by atoms with E-state index in [2.05, 4.69) is 10.5 Å². The van der Waals surface area contributed by atoms with E-state index in [1.807, 2.05) is 32.0 Å². The van der Waals surface area contributed by atoms with Crippen LogP contribution in [0.5, 0.6) is 5.75 Å². The molecule has 0 aliphatic heterocycles. The van der Waals surface area contributed by atoms with Gasteiger partial charge in [-0.1, -0.05) is 19.1 Å². The Kier molecular flexibility index (Phi) is 5.35. The zero-order valence-corrected chi connectivity index (χ0v) is 11.0. The zero-order valence-electron chi connectivity index (χ0n) is 11.0. The number of nitrogens with one attached hydrogen (secondary N) is 2. The van der Waals surface area contributed by atoms with Crippen LogP contribution < -0.4 is 15.9 Å². The topological polar surface area (TPSA) is 107 Å². The molecule has 0 amide bonds. The first-order chi connectivity index (χ1) is 9.08. The molecule has 1 aromatic carbocycles. The summed E-state index contributed by atoms with van der Waals surface area (Å²) in [5.41, 5.74) is 8.36. The van der Waals surface area contributed by atoms with Gasteiger partial charge in [0, 0.05) is 0 Å². The molecule has 0 aromatic heterocycles. The molecule has 1 atom stereocenters. The Labute approximate surface area is 112 Å². The van der Waals surface area contributed by atoms with Crippen molar-refractivity contribution in [3.05, 3.63) is 24.3 Å². The second-order valence-electron chi connectivity index (χ2n) is 3.93. The molecule has 0 saturated heterocycles. The summed E-state index contributed by atoms with van der Waals surface area (Å²) in [6.07, 6.45) is 0.962. The first-order valence-electron chi connectivity index (χ1n) is 5.92. The number of hydrogen-bond acceptors (Lipinski definition) is 5. The average molecular weight is 259 g/mol. The number of nitrogens with zero attached hydrogens (tertiary/aromatic N) is 2. The van der Waals surface area contributed by atoms with Crippen molar-refractivity contribution in [2.75, 3.05) is 5.43 Å². The van der Waals surface area contributed by atoms with E-state index in [0.29, 0.717) is 11.4 Å². The second kappa shape index (κ2) is 7.01. The standard InChI is InChI=1S/C13H17N5O/c1-3-9(2)19-12-7-5-4-6-10(12)17-18-11(8-14)13(15)16/h4-7,9,17H,3H2,1-2H3,(H3,15,16)/b18-11+. The lowest BCUT2D eigenvalue weighted by molar-refractivity contribution is 0.218. The lowest BCUT2D eigenvalue weighted by Gasteiger charge is -2.15. The zero-order chi connectivity index (χ0) is 14.3. The fourth-order valence-electron chi connectivity index (χ4n) is 1.22. The molecule has 1 rings (SSSR count). The van der Waals surface area contributed by atoms with E-state index in [4.69, 9.17) is 21.1 Å². The molecule has 100 valence electrons. The maximum atomic E-state index is 8.75. The van der Waals surface area contributed by atoms with Crippen LogP contribution in [-0.2, 0) is 0 Å². The van der Waals surface area contributed by atoms with Crippen molar-refractivity contribution in [3.8, 4) is 11.8 Å². The number of ether oxygens (including phenoxy) is 1. The van der Waals surface area contributed by atoms with Crippen LogP contribution in [0.4, 0.5) is 5.69 Å². The van der Waals surface area contributed by atoms with Gasteiger partial charge in [-0.3, -0.25) is 10.8 Å². The van der Waals surface area contributed by atoms with Gasteiger partial charge in [-0.15, -0.1) is 0 Å². The summed E-state index contributed by atoms with van der Waals surface area (Å²) in [4.78, 5) is 0. The van der Waals surface area contributed by atoms with Crippen LogP contribution >= 0.6 is 0 Å². The summed E-state index contributed by atoms with van der Waals surface area (Å²) in [5.74, 6) is 0.261. The monoisotopic (exact) mass is 259 g/mol. The van der Waals surface area contributed by atoms with Gasteiger partial charge in [0.1, 0.15) is 11.8 Å². The molecule has 0 radical (unpaired) electrons. The first kappa shape index (κ1) is 14.5. The summed E-state index contributed by atoms with van der Waals surface area (Å²) in [5, 5.41) is 19.7. The van der Waals surface area contributed by atoms with Gasteiger partial charge >= 0.3 is 0 Å².